The van der Waals surface area contributed by atoms with Crippen LogP contribution in [0.25, 0.3) is 0 Å². The van der Waals surface area contributed by atoms with Gasteiger partial charge in [0.25, 0.3) is 5.91 Å². The molecule has 0 bridgehead atoms. The summed E-state index contributed by atoms with van der Waals surface area (Å²) >= 11 is 5.17. The highest BCUT2D eigenvalue weighted by Crippen LogP contribution is 2.17. The molecule has 1 atom stereocenters. The van der Waals surface area contributed by atoms with Crippen LogP contribution in [0.15, 0.2) is 22.8 Å². The first kappa shape index (κ1) is 12.1. The molecular formula is C12H16N2O2S. The summed E-state index contributed by atoms with van der Waals surface area (Å²) in [6.45, 7) is 4.59. The second kappa shape index (κ2) is 4.87. The number of rotatable bonds is 4. The minimum atomic E-state index is -0.183. The smallest absolute Gasteiger partial charge is 0.251 e. The Bertz CT molecular complexity index is 414. The van der Waals surface area contributed by atoms with E-state index in [2.05, 4.69) is 19.2 Å². The van der Waals surface area contributed by atoms with Crippen LogP contribution in [-0.2, 0) is 11.3 Å². The number of thiocarbonyl (C=S) groups is 1. The van der Waals surface area contributed by atoms with E-state index >= 15 is 0 Å². The third-order valence-electron chi connectivity index (χ3n) is 2.71. The van der Waals surface area contributed by atoms with Gasteiger partial charge >= 0.3 is 0 Å². The molecule has 0 aliphatic carbocycles. The first-order valence-corrected chi connectivity index (χ1v) is 6.13. The normalized spacial score (nSPS) is 20.2. The van der Waals surface area contributed by atoms with Crippen molar-refractivity contribution in [3.63, 3.8) is 0 Å². The number of furan rings is 1. The van der Waals surface area contributed by atoms with Gasteiger partial charge in [-0.05, 0) is 36.7 Å². The Hall–Kier alpha value is -1.36. The van der Waals surface area contributed by atoms with E-state index in [4.69, 9.17) is 16.6 Å². The van der Waals surface area contributed by atoms with Gasteiger partial charge in [-0.1, -0.05) is 13.8 Å². The van der Waals surface area contributed by atoms with Crippen molar-refractivity contribution < 1.29 is 9.21 Å². The van der Waals surface area contributed by atoms with Crippen LogP contribution in [0.5, 0.6) is 0 Å². The Balaban J connectivity index is 2.04. The molecule has 0 saturated carbocycles. The molecule has 92 valence electrons. The zero-order valence-electron chi connectivity index (χ0n) is 9.97. The van der Waals surface area contributed by atoms with E-state index in [9.17, 15) is 4.79 Å². The van der Waals surface area contributed by atoms with E-state index in [1.165, 1.54) is 0 Å². The van der Waals surface area contributed by atoms with Gasteiger partial charge in [0.2, 0.25) is 0 Å². The molecule has 2 rings (SSSR count). The number of hydrogen-bond acceptors (Lipinski definition) is 3. The molecule has 1 fully saturated rings. The summed E-state index contributed by atoms with van der Waals surface area (Å²) in [6, 6.07) is 3.46. The maximum Gasteiger partial charge on any atom is 0.251 e. The number of nitrogens with one attached hydrogen (secondary N) is 1. The summed E-state index contributed by atoms with van der Waals surface area (Å²) in [6.07, 6.45) is 2.39. The monoisotopic (exact) mass is 252 g/mol. The standard InChI is InChI=1S/C12H16N2O2S/c1-8(2)6-10-11(15)14(12(17)13-10)7-9-4-3-5-16-9/h3-5,8,10H,6-7H2,1-2H3,(H,13,17)/t10-/m0/s1. The van der Waals surface area contributed by atoms with E-state index in [1.54, 1.807) is 17.2 Å². The number of hydrogen-bond donors (Lipinski definition) is 1. The lowest BCUT2D eigenvalue weighted by atomic mass is 10.0. The fraction of sp³-hybridized carbons (Fsp3) is 0.500. The first-order valence-electron chi connectivity index (χ1n) is 5.72. The quantitative estimate of drug-likeness (QED) is 0.831. The highest BCUT2D eigenvalue weighted by molar-refractivity contribution is 7.80. The molecule has 1 N–H and O–H groups in total. The minimum Gasteiger partial charge on any atom is -0.467 e. The number of carbonyl (C=O) groups excluding carboxylic acids is 1. The SMILES string of the molecule is CC(C)C[C@@H]1NC(=S)N(Cc2ccco2)C1=O. The maximum absolute atomic E-state index is 12.1. The number of nitrogens with zero attached hydrogens (tertiary/aromatic N) is 1. The summed E-state index contributed by atoms with van der Waals surface area (Å²) < 4.78 is 5.23. The molecule has 1 aromatic heterocycles. The molecule has 17 heavy (non-hydrogen) atoms. The summed E-state index contributed by atoms with van der Waals surface area (Å²) in [5.41, 5.74) is 0. The van der Waals surface area contributed by atoms with Crippen LogP contribution < -0.4 is 5.32 Å². The second-order valence-corrected chi connectivity index (χ2v) is 5.02. The van der Waals surface area contributed by atoms with Gasteiger partial charge in [-0.3, -0.25) is 9.69 Å². The Morgan fingerprint density at radius 2 is 2.35 bits per heavy atom. The predicted molar refractivity (Wildman–Crippen MR) is 68.2 cm³/mol. The molecular weight excluding hydrogens is 236 g/mol. The highest BCUT2D eigenvalue weighted by atomic mass is 32.1. The molecule has 2 heterocycles. The van der Waals surface area contributed by atoms with Crippen LogP contribution in [0.1, 0.15) is 26.0 Å². The van der Waals surface area contributed by atoms with Gasteiger partial charge in [0.1, 0.15) is 11.8 Å². The van der Waals surface area contributed by atoms with E-state index < -0.39 is 0 Å². The van der Waals surface area contributed by atoms with Gasteiger partial charge in [0, 0.05) is 0 Å². The predicted octanol–water partition coefficient (Wildman–Crippen LogP) is 1.91. The van der Waals surface area contributed by atoms with Gasteiger partial charge in [0.05, 0.1) is 12.8 Å². The van der Waals surface area contributed by atoms with Crippen LogP contribution in [0, 0.1) is 5.92 Å². The molecule has 5 heteroatoms. The zero-order chi connectivity index (χ0) is 12.4. The Kier molecular flexibility index (Phi) is 3.47. The fourth-order valence-electron chi connectivity index (χ4n) is 1.92. The number of amides is 1. The average molecular weight is 252 g/mol. The van der Waals surface area contributed by atoms with Gasteiger partial charge in [-0.2, -0.15) is 0 Å². The molecule has 0 radical (unpaired) electrons. The van der Waals surface area contributed by atoms with Gasteiger partial charge in [-0.25, -0.2) is 0 Å². The third-order valence-corrected chi connectivity index (χ3v) is 3.05. The van der Waals surface area contributed by atoms with Gasteiger partial charge in [-0.15, -0.1) is 0 Å². The van der Waals surface area contributed by atoms with Crippen LogP contribution in [0.3, 0.4) is 0 Å². The number of carbonyl (C=O) groups is 1. The van der Waals surface area contributed by atoms with Crippen molar-refractivity contribution in [3.8, 4) is 0 Å². The summed E-state index contributed by atoms with van der Waals surface area (Å²) in [4.78, 5) is 13.7. The molecule has 1 aliphatic rings. The van der Waals surface area contributed by atoms with Crippen LogP contribution >= 0.6 is 12.2 Å². The highest BCUT2D eigenvalue weighted by Gasteiger charge is 2.35. The van der Waals surface area contributed by atoms with Crippen LogP contribution in [-0.4, -0.2) is 22.0 Å². The van der Waals surface area contributed by atoms with Gasteiger partial charge in [0.15, 0.2) is 5.11 Å². The summed E-state index contributed by atoms with van der Waals surface area (Å²) in [5, 5.41) is 3.56. The molecule has 4 nitrogen and oxygen atoms in total. The van der Waals surface area contributed by atoms with Crippen molar-refractivity contribution >= 4 is 23.2 Å². The van der Waals surface area contributed by atoms with E-state index in [1.807, 2.05) is 6.07 Å². The Morgan fingerprint density at radius 1 is 1.59 bits per heavy atom. The molecule has 0 unspecified atom stereocenters. The molecule has 1 aromatic rings. The van der Waals surface area contributed by atoms with Crippen molar-refractivity contribution in [1.29, 1.82) is 0 Å². The average Bonchev–Trinajstić information content (AvgIpc) is 2.83. The molecule has 1 aliphatic heterocycles. The lowest BCUT2D eigenvalue weighted by molar-refractivity contribution is -0.127. The van der Waals surface area contributed by atoms with Crippen LogP contribution in [0.2, 0.25) is 0 Å². The van der Waals surface area contributed by atoms with Crippen molar-refractivity contribution in [1.82, 2.24) is 10.2 Å². The third kappa shape index (κ3) is 2.66. The molecule has 1 saturated heterocycles. The van der Waals surface area contributed by atoms with E-state index in [-0.39, 0.29) is 11.9 Å². The van der Waals surface area contributed by atoms with Crippen LogP contribution in [0.4, 0.5) is 0 Å². The fourth-order valence-corrected chi connectivity index (χ4v) is 2.21. The lowest BCUT2D eigenvalue weighted by Crippen LogP contribution is -2.31. The Labute approximate surface area is 106 Å². The summed E-state index contributed by atoms with van der Waals surface area (Å²) in [7, 11) is 0. The zero-order valence-corrected chi connectivity index (χ0v) is 10.8. The maximum atomic E-state index is 12.1. The second-order valence-electron chi connectivity index (χ2n) is 4.64. The van der Waals surface area contributed by atoms with E-state index in [0.717, 1.165) is 12.2 Å². The first-order chi connectivity index (χ1) is 8.08. The van der Waals surface area contributed by atoms with Crippen molar-refractivity contribution in [3.05, 3.63) is 24.2 Å². The molecule has 1 amide bonds. The van der Waals surface area contributed by atoms with Crippen molar-refractivity contribution in [2.75, 3.05) is 0 Å². The van der Waals surface area contributed by atoms with E-state index in [0.29, 0.717) is 17.6 Å². The largest absolute Gasteiger partial charge is 0.467 e. The lowest BCUT2D eigenvalue weighted by Gasteiger charge is -2.13. The minimum absolute atomic E-state index is 0.0418. The van der Waals surface area contributed by atoms with Gasteiger partial charge < -0.3 is 9.73 Å². The molecule has 0 spiro atoms. The Morgan fingerprint density at radius 3 is 2.94 bits per heavy atom. The topological polar surface area (TPSA) is 45.5 Å². The van der Waals surface area contributed by atoms with Crippen molar-refractivity contribution in [2.24, 2.45) is 5.92 Å². The molecule has 0 aromatic carbocycles. The van der Waals surface area contributed by atoms with Crippen molar-refractivity contribution in [2.45, 2.75) is 32.9 Å². The summed E-state index contributed by atoms with van der Waals surface area (Å²) in [5.74, 6) is 1.25.